The maximum atomic E-state index is 12.3. The second-order valence-corrected chi connectivity index (χ2v) is 6.19. The zero-order valence-corrected chi connectivity index (χ0v) is 13.6. The number of nitrogens with one attached hydrogen (secondary N) is 1. The summed E-state index contributed by atoms with van der Waals surface area (Å²) in [5.74, 6) is -0.752. The van der Waals surface area contributed by atoms with Crippen molar-refractivity contribution in [2.75, 3.05) is 5.32 Å². The number of benzene rings is 2. The first-order valence-corrected chi connectivity index (χ1v) is 7.78. The SMILES string of the molecule is Cc1ccc2nc(NC(=O)c3ccc([N+](=O)[O-])cc3[N+](=O)[O-])sc2c1. The fourth-order valence-corrected chi connectivity index (χ4v) is 3.19. The van der Waals surface area contributed by atoms with E-state index in [1.165, 1.54) is 11.3 Å². The van der Waals surface area contributed by atoms with E-state index in [0.29, 0.717) is 10.6 Å². The fourth-order valence-electron chi connectivity index (χ4n) is 2.23. The van der Waals surface area contributed by atoms with Gasteiger partial charge in [0.15, 0.2) is 5.13 Å². The molecule has 0 saturated carbocycles. The Labute approximate surface area is 144 Å². The minimum Gasteiger partial charge on any atom is -0.298 e. The van der Waals surface area contributed by atoms with Gasteiger partial charge in [0.2, 0.25) is 0 Å². The van der Waals surface area contributed by atoms with Gasteiger partial charge in [-0.1, -0.05) is 17.4 Å². The molecule has 1 heterocycles. The van der Waals surface area contributed by atoms with Crippen LogP contribution in [-0.2, 0) is 0 Å². The maximum Gasteiger partial charge on any atom is 0.289 e. The number of aryl methyl sites for hydroxylation is 1. The third kappa shape index (κ3) is 3.28. The van der Waals surface area contributed by atoms with E-state index in [0.717, 1.165) is 28.5 Å². The molecule has 0 aliphatic rings. The van der Waals surface area contributed by atoms with Crippen LogP contribution in [0.2, 0.25) is 0 Å². The van der Waals surface area contributed by atoms with E-state index >= 15 is 0 Å². The normalized spacial score (nSPS) is 10.6. The second-order valence-electron chi connectivity index (χ2n) is 5.16. The minimum atomic E-state index is -0.830. The molecule has 25 heavy (non-hydrogen) atoms. The Balaban J connectivity index is 1.94. The summed E-state index contributed by atoms with van der Waals surface area (Å²) in [6, 6.07) is 8.47. The van der Waals surface area contributed by atoms with Crippen molar-refractivity contribution in [3.8, 4) is 0 Å². The Morgan fingerprint density at radius 2 is 1.88 bits per heavy atom. The standard InChI is InChI=1S/C15H10N4O5S/c1-8-2-5-11-13(6-8)25-15(16-11)17-14(20)10-4-3-9(18(21)22)7-12(10)19(23)24/h2-7H,1H3,(H,16,17,20). The van der Waals surface area contributed by atoms with Crippen molar-refractivity contribution < 1.29 is 14.6 Å². The van der Waals surface area contributed by atoms with Gasteiger partial charge in [-0.25, -0.2) is 4.98 Å². The van der Waals surface area contributed by atoms with E-state index < -0.39 is 27.1 Å². The van der Waals surface area contributed by atoms with Gasteiger partial charge in [-0.3, -0.25) is 30.3 Å². The van der Waals surface area contributed by atoms with Crippen LogP contribution in [-0.4, -0.2) is 20.7 Å². The van der Waals surface area contributed by atoms with Crippen molar-refractivity contribution in [3.05, 3.63) is 67.8 Å². The number of nitro groups is 2. The smallest absolute Gasteiger partial charge is 0.289 e. The van der Waals surface area contributed by atoms with Gasteiger partial charge in [-0.15, -0.1) is 0 Å². The molecule has 3 rings (SSSR count). The predicted octanol–water partition coefficient (Wildman–Crippen LogP) is 3.67. The summed E-state index contributed by atoms with van der Waals surface area (Å²) in [5, 5.41) is 24.7. The highest BCUT2D eigenvalue weighted by atomic mass is 32.1. The third-order valence-electron chi connectivity index (χ3n) is 3.40. The number of thiazole rings is 1. The van der Waals surface area contributed by atoms with Crippen LogP contribution in [0.15, 0.2) is 36.4 Å². The molecule has 0 bridgehead atoms. The van der Waals surface area contributed by atoms with E-state index in [-0.39, 0.29) is 5.56 Å². The Morgan fingerprint density at radius 3 is 2.56 bits per heavy atom. The van der Waals surface area contributed by atoms with Crippen LogP contribution in [0, 0.1) is 27.2 Å². The molecule has 0 aliphatic heterocycles. The number of nitrogens with zero attached hydrogens (tertiary/aromatic N) is 3. The summed E-state index contributed by atoms with van der Waals surface area (Å²) < 4.78 is 0.869. The van der Waals surface area contributed by atoms with Crippen LogP contribution in [0.25, 0.3) is 10.2 Å². The van der Waals surface area contributed by atoms with Gasteiger partial charge in [0, 0.05) is 6.07 Å². The largest absolute Gasteiger partial charge is 0.298 e. The number of anilines is 1. The molecule has 0 aliphatic carbocycles. The van der Waals surface area contributed by atoms with Crippen LogP contribution in [0.5, 0.6) is 0 Å². The van der Waals surface area contributed by atoms with E-state index in [4.69, 9.17) is 0 Å². The molecule has 10 heteroatoms. The first-order valence-electron chi connectivity index (χ1n) is 6.96. The van der Waals surface area contributed by atoms with E-state index in [1.807, 2.05) is 25.1 Å². The summed E-state index contributed by atoms with van der Waals surface area (Å²) >= 11 is 1.24. The van der Waals surface area contributed by atoms with Crippen LogP contribution < -0.4 is 5.32 Å². The van der Waals surface area contributed by atoms with Crippen molar-refractivity contribution in [2.45, 2.75) is 6.92 Å². The topological polar surface area (TPSA) is 128 Å². The molecule has 1 N–H and O–H groups in total. The molecule has 0 spiro atoms. The number of hydrogen-bond donors (Lipinski definition) is 1. The lowest BCUT2D eigenvalue weighted by atomic mass is 10.1. The summed E-state index contributed by atoms with van der Waals surface area (Å²) in [4.78, 5) is 36.9. The van der Waals surface area contributed by atoms with Crippen molar-refractivity contribution in [1.82, 2.24) is 4.98 Å². The summed E-state index contributed by atoms with van der Waals surface area (Å²) in [6.07, 6.45) is 0. The van der Waals surface area contributed by atoms with Gasteiger partial charge in [0.05, 0.1) is 26.1 Å². The van der Waals surface area contributed by atoms with Crippen LogP contribution in [0.3, 0.4) is 0 Å². The Hall–Kier alpha value is -3.40. The maximum absolute atomic E-state index is 12.3. The molecule has 1 aromatic heterocycles. The predicted molar refractivity (Wildman–Crippen MR) is 92.1 cm³/mol. The Kier molecular flexibility index (Phi) is 4.11. The number of amides is 1. The lowest BCUT2D eigenvalue weighted by Crippen LogP contribution is -2.14. The highest BCUT2D eigenvalue weighted by molar-refractivity contribution is 7.22. The molecule has 0 radical (unpaired) electrons. The van der Waals surface area contributed by atoms with Gasteiger partial charge in [-0.2, -0.15) is 0 Å². The van der Waals surface area contributed by atoms with E-state index in [9.17, 15) is 25.0 Å². The van der Waals surface area contributed by atoms with Crippen LogP contribution >= 0.6 is 11.3 Å². The zero-order chi connectivity index (χ0) is 18.1. The number of hydrogen-bond acceptors (Lipinski definition) is 7. The summed E-state index contributed by atoms with van der Waals surface area (Å²) in [7, 11) is 0. The quantitative estimate of drug-likeness (QED) is 0.559. The molecule has 2 aromatic carbocycles. The Morgan fingerprint density at radius 1 is 1.12 bits per heavy atom. The van der Waals surface area contributed by atoms with Gasteiger partial charge < -0.3 is 0 Å². The summed E-state index contributed by atoms with van der Waals surface area (Å²) in [6.45, 7) is 1.93. The zero-order valence-electron chi connectivity index (χ0n) is 12.8. The monoisotopic (exact) mass is 358 g/mol. The molecule has 0 fully saturated rings. The van der Waals surface area contributed by atoms with Crippen molar-refractivity contribution in [1.29, 1.82) is 0 Å². The van der Waals surface area contributed by atoms with Gasteiger partial charge in [0.25, 0.3) is 17.3 Å². The number of carbonyl (C=O) groups excluding carboxylic acids is 1. The Bertz CT molecular complexity index is 1030. The fraction of sp³-hybridized carbons (Fsp3) is 0.0667. The summed E-state index contributed by atoms with van der Waals surface area (Å²) in [5.41, 5.74) is 0.373. The molecule has 3 aromatic rings. The molecule has 126 valence electrons. The first kappa shape index (κ1) is 16.5. The third-order valence-corrected chi connectivity index (χ3v) is 4.33. The number of aromatic nitrogens is 1. The average molecular weight is 358 g/mol. The number of nitro benzene ring substituents is 2. The highest BCUT2D eigenvalue weighted by Gasteiger charge is 2.24. The molecule has 0 unspecified atom stereocenters. The van der Waals surface area contributed by atoms with Crippen LogP contribution in [0.4, 0.5) is 16.5 Å². The molecule has 0 atom stereocenters. The van der Waals surface area contributed by atoms with Gasteiger partial charge >= 0.3 is 0 Å². The van der Waals surface area contributed by atoms with E-state index in [2.05, 4.69) is 10.3 Å². The van der Waals surface area contributed by atoms with Gasteiger partial charge in [0.1, 0.15) is 5.56 Å². The molecular formula is C15H10N4O5S. The average Bonchev–Trinajstić information content (AvgIpc) is 2.95. The number of rotatable bonds is 4. The lowest BCUT2D eigenvalue weighted by molar-refractivity contribution is -0.394. The lowest BCUT2D eigenvalue weighted by Gasteiger charge is -2.03. The molecule has 1 amide bonds. The van der Waals surface area contributed by atoms with Crippen molar-refractivity contribution >= 4 is 44.0 Å². The molecule has 9 nitrogen and oxygen atoms in total. The second kappa shape index (κ2) is 6.24. The van der Waals surface area contributed by atoms with Gasteiger partial charge in [-0.05, 0) is 30.7 Å². The molecular weight excluding hydrogens is 348 g/mol. The molecule has 0 saturated heterocycles. The number of carbonyl (C=O) groups is 1. The van der Waals surface area contributed by atoms with Crippen molar-refractivity contribution in [2.24, 2.45) is 0 Å². The van der Waals surface area contributed by atoms with Crippen LogP contribution in [0.1, 0.15) is 15.9 Å². The first-order chi connectivity index (χ1) is 11.8. The van der Waals surface area contributed by atoms with Crippen molar-refractivity contribution in [3.63, 3.8) is 0 Å². The highest BCUT2D eigenvalue weighted by Crippen LogP contribution is 2.29. The number of fused-ring (bicyclic) bond motifs is 1. The van der Waals surface area contributed by atoms with E-state index in [1.54, 1.807) is 0 Å². The minimum absolute atomic E-state index is 0.272. The number of non-ortho nitro benzene ring substituents is 1.